The number of rotatable bonds is 4. The molecule has 0 saturated carbocycles. The van der Waals surface area contributed by atoms with E-state index in [1.807, 2.05) is 30.3 Å². The molecule has 0 radical (unpaired) electrons. The summed E-state index contributed by atoms with van der Waals surface area (Å²) < 4.78 is 10.5. The molecule has 2 aromatic rings. The predicted octanol–water partition coefficient (Wildman–Crippen LogP) is 2.51. The molecule has 0 aliphatic rings. The van der Waals surface area contributed by atoms with Gasteiger partial charge in [0.25, 0.3) is 5.95 Å². The van der Waals surface area contributed by atoms with E-state index in [0.29, 0.717) is 11.7 Å². The highest BCUT2D eigenvalue weighted by molar-refractivity contribution is 5.73. The number of furan rings is 1. The lowest BCUT2D eigenvalue weighted by Crippen LogP contribution is -2.26. The number of hydrogen-bond acceptors (Lipinski definition) is 3. The van der Waals surface area contributed by atoms with E-state index in [-0.39, 0.29) is 11.9 Å². The van der Waals surface area contributed by atoms with Crippen molar-refractivity contribution in [3.63, 3.8) is 0 Å². The largest absolute Gasteiger partial charge is 0.468 e. The van der Waals surface area contributed by atoms with Gasteiger partial charge in [-0.1, -0.05) is 30.3 Å². The molecule has 1 aromatic carbocycles. The van der Waals surface area contributed by atoms with E-state index >= 15 is 0 Å². The van der Waals surface area contributed by atoms with Crippen molar-refractivity contribution in [2.24, 2.45) is 0 Å². The van der Waals surface area contributed by atoms with Crippen LogP contribution in [0.5, 0.6) is 5.95 Å². The molecular weight excluding hydrogens is 230 g/mol. The molecule has 4 nitrogen and oxygen atoms in total. The SMILES string of the molecule is COc1ccc(C(NC(C)=O)c2ccccc2)o1. The Bertz CT molecular complexity index is 519. The van der Waals surface area contributed by atoms with Gasteiger partial charge in [-0.25, -0.2) is 0 Å². The summed E-state index contributed by atoms with van der Waals surface area (Å²) in [5, 5.41) is 2.86. The third-order valence-corrected chi connectivity index (χ3v) is 2.57. The van der Waals surface area contributed by atoms with Gasteiger partial charge in [-0.05, 0) is 11.6 Å². The van der Waals surface area contributed by atoms with Gasteiger partial charge in [0.1, 0.15) is 11.8 Å². The normalized spacial score (nSPS) is 11.9. The fourth-order valence-corrected chi connectivity index (χ4v) is 1.77. The van der Waals surface area contributed by atoms with Crippen molar-refractivity contribution < 1.29 is 13.9 Å². The Morgan fingerprint density at radius 3 is 2.50 bits per heavy atom. The van der Waals surface area contributed by atoms with Gasteiger partial charge < -0.3 is 14.5 Å². The van der Waals surface area contributed by atoms with Crippen molar-refractivity contribution in [1.29, 1.82) is 0 Å². The minimum absolute atomic E-state index is 0.112. The van der Waals surface area contributed by atoms with E-state index in [1.54, 1.807) is 19.2 Å². The number of amides is 1. The number of benzene rings is 1. The molecule has 0 fully saturated rings. The van der Waals surface area contributed by atoms with Crippen LogP contribution in [0.4, 0.5) is 0 Å². The maximum absolute atomic E-state index is 11.3. The third kappa shape index (κ3) is 2.71. The van der Waals surface area contributed by atoms with Gasteiger partial charge in [0.15, 0.2) is 0 Å². The highest BCUT2D eigenvalue weighted by Gasteiger charge is 2.18. The highest BCUT2D eigenvalue weighted by atomic mass is 16.6. The molecule has 1 amide bonds. The van der Waals surface area contributed by atoms with Crippen LogP contribution in [-0.4, -0.2) is 13.0 Å². The molecule has 0 spiro atoms. The fourth-order valence-electron chi connectivity index (χ4n) is 1.77. The number of hydrogen-bond donors (Lipinski definition) is 1. The first-order valence-corrected chi connectivity index (χ1v) is 5.66. The van der Waals surface area contributed by atoms with E-state index < -0.39 is 0 Å². The summed E-state index contributed by atoms with van der Waals surface area (Å²) in [7, 11) is 1.54. The third-order valence-electron chi connectivity index (χ3n) is 2.57. The molecule has 1 N–H and O–H groups in total. The van der Waals surface area contributed by atoms with Gasteiger partial charge in [0, 0.05) is 13.0 Å². The van der Waals surface area contributed by atoms with E-state index in [2.05, 4.69) is 5.32 Å². The molecular formula is C14H15NO3. The number of carbonyl (C=O) groups is 1. The van der Waals surface area contributed by atoms with Crippen molar-refractivity contribution in [1.82, 2.24) is 5.32 Å². The lowest BCUT2D eigenvalue weighted by atomic mass is 10.0. The Labute approximate surface area is 106 Å². The molecule has 1 aromatic heterocycles. The van der Waals surface area contributed by atoms with Crippen molar-refractivity contribution in [2.45, 2.75) is 13.0 Å². The predicted molar refractivity (Wildman–Crippen MR) is 67.4 cm³/mol. The quantitative estimate of drug-likeness (QED) is 0.900. The number of carbonyl (C=O) groups excluding carboxylic acids is 1. The monoisotopic (exact) mass is 245 g/mol. The fraction of sp³-hybridized carbons (Fsp3) is 0.214. The van der Waals surface area contributed by atoms with E-state index in [4.69, 9.17) is 9.15 Å². The van der Waals surface area contributed by atoms with Gasteiger partial charge >= 0.3 is 0 Å². The molecule has 94 valence electrons. The summed E-state index contributed by atoms with van der Waals surface area (Å²) in [6.45, 7) is 1.48. The van der Waals surface area contributed by atoms with Crippen molar-refractivity contribution >= 4 is 5.91 Å². The van der Waals surface area contributed by atoms with Crippen molar-refractivity contribution in [2.75, 3.05) is 7.11 Å². The zero-order chi connectivity index (χ0) is 13.0. The minimum Gasteiger partial charge on any atom is -0.468 e. The van der Waals surface area contributed by atoms with Gasteiger partial charge in [-0.15, -0.1) is 0 Å². The van der Waals surface area contributed by atoms with Crippen LogP contribution < -0.4 is 10.1 Å². The molecule has 1 heterocycles. The Balaban J connectivity index is 2.33. The van der Waals surface area contributed by atoms with E-state index in [9.17, 15) is 4.79 Å². The lowest BCUT2D eigenvalue weighted by Gasteiger charge is -2.15. The first-order valence-electron chi connectivity index (χ1n) is 5.66. The van der Waals surface area contributed by atoms with Crippen molar-refractivity contribution in [3.05, 3.63) is 53.8 Å². The Hall–Kier alpha value is -2.23. The topological polar surface area (TPSA) is 51.5 Å². The smallest absolute Gasteiger partial charge is 0.284 e. The first-order chi connectivity index (χ1) is 8.70. The molecule has 1 unspecified atom stereocenters. The van der Waals surface area contributed by atoms with Crippen LogP contribution in [0, 0.1) is 0 Å². The molecule has 0 aliphatic carbocycles. The van der Waals surface area contributed by atoms with E-state index in [0.717, 1.165) is 5.56 Å². The molecule has 4 heteroatoms. The van der Waals surface area contributed by atoms with Crippen LogP contribution in [0.1, 0.15) is 24.3 Å². The zero-order valence-electron chi connectivity index (χ0n) is 10.3. The summed E-state index contributed by atoms with van der Waals surface area (Å²) >= 11 is 0. The summed E-state index contributed by atoms with van der Waals surface area (Å²) in [4.78, 5) is 11.3. The average molecular weight is 245 g/mol. The summed E-state index contributed by atoms with van der Waals surface area (Å²) in [5.41, 5.74) is 0.963. The number of nitrogens with one attached hydrogen (secondary N) is 1. The van der Waals surface area contributed by atoms with Gasteiger partial charge in [0.05, 0.1) is 7.11 Å². The minimum atomic E-state index is -0.299. The summed E-state index contributed by atoms with van der Waals surface area (Å²) in [6.07, 6.45) is 0. The average Bonchev–Trinajstić information content (AvgIpc) is 2.85. The molecule has 1 atom stereocenters. The second kappa shape index (κ2) is 5.40. The maximum atomic E-state index is 11.3. The summed E-state index contributed by atoms with van der Waals surface area (Å²) in [5.74, 6) is 0.962. The summed E-state index contributed by atoms with van der Waals surface area (Å²) in [6, 6.07) is 12.9. The van der Waals surface area contributed by atoms with Crippen LogP contribution in [0.3, 0.4) is 0 Å². The second-order valence-electron chi connectivity index (χ2n) is 3.91. The maximum Gasteiger partial charge on any atom is 0.284 e. The van der Waals surface area contributed by atoms with Crippen LogP contribution in [0.15, 0.2) is 46.9 Å². The van der Waals surface area contributed by atoms with Gasteiger partial charge in [-0.2, -0.15) is 0 Å². The Morgan fingerprint density at radius 1 is 1.22 bits per heavy atom. The van der Waals surface area contributed by atoms with Gasteiger partial charge in [-0.3, -0.25) is 4.79 Å². The Morgan fingerprint density at radius 2 is 1.94 bits per heavy atom. The van der Waals surface area contributed by atoms with Crippen molar-refractivity contribution in [3.8, 4) is 5.95 Å². The van der Waals surface area contributed by atoms with Crippen LogP contribution in [-0.2, 0) is 4.79 Å². The molecule has 2 rings (SSSR count). The molecule has 0 bridgehead atoms. The molecule has 0 saturated heterocycles. The molecule has 18 heavy (non-hydrogen) atoms. The first kappa shape index (κ1) is 12.2. The van der Waals surface area contributed by atoms with Gasteiger partial charge in [0.2, 0.25) is 5.91 Å². The van der Waals surface area contributed by atoms with E-state index in [1.165, 1.54) is 6.92 Å². The highest BCUT2D eigenvalue weighted by Crippen LogP contribution is 2.26. The Kier molecular flexibility index (Phi) is 3.67. The zero-order valence-corrected chi connectivity index (χ0v) is 10.3. The molecule has 0 aliphatic heterocycles. The standard InChI is InChI=1S/C14H15NO3/c1-10(16)15-14(11-6-4-3-5-7-11)12-8-9-13(17-2)18-12/h3-9,14H,1-2H3,(H,15,16). The number of ether oxygens (including phenoxy) is 1. The van der Waals surface area contributed by atoms with Crippen LogP contribution in [0.2, 0.25) is 0 Å². The lowest BCUT2D eigenvalue weighted by molar-refractivity contribution is -0.119. The number of methoxy groups -OCH3 is 1. The second-order valence-corrected chi connectivity index (χ2v) is 3.91. The van der Waals surface area contributed by atoms with Crippen LogP contribution >= 0.6 is 0 Å². The van der Waals surface area contributed by atoms with Crippen LogP contribution in [0.25, 0.3) is 0 Å².